The highest BCUT2D eigenvalue weighted by Gasteiger charge is 2.34. The second-order valence-electron chi connectivity index (χ2n) is 7.31. The van der Waals surface area contributed by atoms with Crippen LogP contribution in [0.5, 0.6) is 0 Å². The van der Waals surface area contributed by atoms with Crippen molar-refractivity contribution in [3.63, 3.8) is 0 Å². The quantitative estimate of drug-likeness (QED) is 0.463. The molecule has 0 spiro atoms. The van der Waals surface area contributed by atoms with Gasteiger partial charge < -0.3 is 20.3 Å². The molecule has 1 amide bonds. The van der Waals surface area contributed by atoms with Crippen LogP contribution in [0, 0.1) is 5.92 Å². The molecule has 2 aliphatic rings. The molecule has 1 saturated heterocycles. The SMILES string of the molecule is CN=C(NCCCC1CC1)NC1CN(C(=O)OC(C)(C)C)C1. The Hall–Kier alpha value is -1.46. The topological polar surface area (TPSA) is 66.0 Å². The minimum atomic E-state index is -0.436. The zero-order valence-electron chi connectivity index (χ0n) is 14.3. The van der Waals surface area contributed by atoms with Crippen molar-refractivity contribution in [2.45, 2.75) is 58.1 Å². The highest BCUT2D eigenvalue weighted by molar-refractivity contribution is 5.80. The lowest BCUT2D eigenvalue weighted by Crippen LogP contribution is -2.63. The van der Waals surface area contributed by atoms with Crippen LogP contribution in [0.15, 0.2) is 4.99 Å². The molecule has 2 fully saturated rings. The van der Waals surface area contributed by atoms with E-state index in [1.54, 1.807) is 11.9 Å². The van der Waals surface area contributed by atoms with Crippen molar-refractivity contribution >= 4 is 12.1 Å². The summed E-state index contributed by atoms with van der Waals surface area (Å²) in [6, 6.07) is 0.252. The van der Waals surface area contributed by atoms with E-state index in [1.165, 1.54) is 25.7 Å². The predicted octanol–water partition coefficient (Wildman–Crippen LogP) is 1.96. The second kappa shape index (κ2) is 7.20. The van der Waals surface area contributed by atoms with Crippen LogP contribution in [-0.2, 0) is 4.74 Å². The molecule has 0 atom stereocenters. The van der Waals surface area contributed by atoms with E-state index in [9.17, 15) is 4.79 Å². The maximum atomic E-state index is 11.9. The van der Waals surface area contributed by atoms with Gasteiger partial charge in [-0.1, -0.05) is 12.8 Å². The molecule has 2 rings (SSSR count). The van der Waals surface area contributed by atoms with E-state index in [-0.39, 0.29) is 12.1 Å². The van der Waals surface area contributed by atoms with Crippen molar-refractivity contribution in [1.82, 2.24) is 15.5 Å². The molecule has 0 unspecified atom stereocenters. The van der Waals surface area contributed by atoms with Crippen molar-refractivity contribution in [2.24, 2.45) is 10.9 Å². The van der Waals surface area contributed by atoms with Crippen LogP contribution in [0.3, 0.4) is 0 Å². The molecule has 1 aliphatic heterocycles. The Labute approximate surface area is 133 Å². The monoisotopic (exact) mass is 310 g/mol. The largest absolute Gasteiger partial charge is 0.444 e. The minimum absolute atomic E-state index is 0.238. The minimum Gasteiger partial charge on any atom is -0.444 e. The number of likely N-dealkylation sites (tertiary alicyclic amines) is 1. The zero-order valence-corrected chi connectivity index (χ0v) is 14.3. The van der Waals surface area contributed by atoms with Crippen molar-refractivity contribution in [2.75, 3.05) is 26.7 Å². The first-order valence-corrected chi connectivity index (χ1v) is 8.32. The van der Waals surface area contributed by atoms with Crippen molar-refractivity contribution in [3.05, 3.63) is 0 Å². The smallest absolute Gasteiger partial charge is 0.410 e. The van der Waals surface area contributed by atoms with Gasteiger partial charge >= 0.3 is 6.09 Å². The second-order valence-corrected chi connectivity index (χ2v) is 7.31. The van der Waals surface area contributed by atoms with Crippen LogP contribution in [0.4, 0.5) is 4.79 Å². The molecule has 0 aromatic carbocycles. The van der Waals surface area contributed by atoms with Gasteiger partial charge in [0, 0.05) is 26.7 Å². The molecular weight excluding hydrogens is 280 g/mol. The summed E-state index contributed by atoms with van der Waals surface area (Å²) >= 11 is 0. The molecular formula is C16H30N4O2. The fourth-order valence-electron chi connectivity index (χ4n) is 2.44. The van der Waals surface area contributed by atoms with Gasteiger partial charge in [-0.2, -0.15) is 0 Å². The molecule has 1 saturated carbocycles. The number of carbonyl (C=O) groups excluding carboxylic acids is 1. The lowest BCUT2D eigenvalue weighted by molar-refractivity contribution is 0.00701. The van der Waals surface area contributed by atoms with Crippen molar-refractivity contribution in [3.8, 4) is 0 Å². The summed E-state index contributed by atoms with van der Waals surface area (Å²) in [5.41, 5.74) is -0.436. The van der Waals surface area contributed by atoms with Gasteiger partial charge in [-0.25, -0.2) is 4.79 Å². The first kappa shape index (κ1) is 16.9. The van der Waals surface area contributed by atoms with Crippen LogP contribution in [-0.4, -0.2) is 55.3 Å². The van der Waals surface area contributed by atoms with Gasteiger partial charge in [0.25, 0.3) is 0 Å². The fraction of sp³-hybridized carbons (Fsp3) is 0.875. The maximum absolute atomic E-state index is 11.9. The normalized spacial score (nSPS) is 19.6. The number of aliphatic imine (C=N–C) groups is 1. The number of rotatable bonds is 5. The van der Waals surface area contributed by atoms with Gasteiger partial charge in [0.1, 0.15) is 5.60 Å². The number of amides is 1. The van der Waals surface area contributed by atoms with Gasteiger partial charge in [0.05, 0.1) is 6.04 Å². The summed E-state index contributed by atoms with van der Waals surface area (Å²) in [5, 5.41) is 6.68. The molecule has 1 heterocycles. The Morgan fingerprint density at radius 1 is 1.32 bits per heavy atom. The number of nitrogens with one attached hydrogen (secondary N) is 2. The highest BCUT2D eigenvalue weighted by Crippen LogP contribution is 2.33. The molecule has 0 radical (unpaired) electrons. The van der Waals surface area contributed by atoms with Crippen LogP contribution in [0.2, 0.25) is 0 Å². The molecule has 126 valence electrons. The van der Waals surface area contributed by atoms with E-state index < -0.39 is 5.60 Å². The summed E-state index contributed by atoms with van der Waals surface area (Å²) in [6.45, 7) is 7.93. The predicted molar refractivity (Wildman–Crippen MR) is 88.1 cm³/mol. The fourth-order valence-corrected chi connectivity index (χ4v) is 2.44. The van der Waals surface area contributed by atoms with Crippen LogP contribution >= 0.6 is 0 Å². The average Bonchev–Trinajstić information content (AvgIpc) is 3.17. The Morgan fingerprint density at radius 3 is 2.55 bits per heavy atom. The third kappa shape index (κ3) is 5.73. The van der Waals surface area contributed by atoms with E-state index in [0.29, 0.717) is 13.1 Å². The van der Waals surface area contributed by atoms with E-state index in [2.05, 4.69) is 15.6 Å². The van der Waals surface area contributed by atoms with Gasteiger partial charge in [-0.05, 0) is 39.5 Å². The summed E-state index contributed by atoms with van der Waals surface area (Å²) in [4.78, 5) is 17.8. The third-order valence-electron chi connectivity index (χ3n) is 3.88. The van der Waals surface area contributed by atoms with E-state index in [1.807, 2.05) is 20.8 Å². The number of carbonyl (C=O) groups is 1. The lowest BCUT2D eigenvalue weighted by Gasteiger charge is -2.40. The summed E-state index contributed by atoms with van der Waals surface area (Å²) < 4.78 is 5.34. The Balaban J connectivity index is 1.59. The Bertz CT molecular complexity index is 407. The molecule has 2 N–H and O–H groups in total. The summed E-state index contributed by atoms with van der Waals surface area (Å²) in [7, 11) is 1.78. The number of guanidine groups is 1. The molecule has 22 heavy (non-hydrogen) atoms. The van der Waals surface area contributed by atoms with Crippen molar-refractivity contribution in [1.29, 1.82) is 0 Å². The number of nitrogens with zero attached hydrogens (tertiary/aromatic N) is 2. The molecule has 1 aliphatic carbocycles. The highest BCUT2D eigenvalue weighted by atomic mass is 16.6. The molecule has 0 bridgehead atoms. The maximum Gasteiger partial charge on any atom is 0.410 e. The Kier molecular flexibility index (Phi) is 5.53. The first-order chi connectivity index (χ1) is 10.4. The van der Waals surface area contributed by atoms with Gasteiger partial charge in [-0.3, -0.25) is 4.99 Å². The summed E-state index contributed by atoms with van der Waals surface area (Å²) in [6.07, 6.45) is 5.10. The number of hydrogen-bond acceptors (Lipinski definition) is 3. The van der Waals surface area contributed by atoms with E-state index in [0.717, 1.165) is 18.4 Å². The lowest BCUT2D eigenvalue weighted by atomic mass is 10.1. The molecule has 0 aromatic heterocycles. The van der Waals surface area contributed by atoms with Crippen LogP contribution in [0.1, 0.15) is 46.5 Å². The van der Waals surface area contributed by atoms with Crippen LogP contribution < -0.4 is 10.6 Å². The number of hydrogen-bond donors (Lipinski definition) is 2. The number of ether oxygens (including phenoxy) is 1. The van der Waals surface area contributed by atoms with Gasteiger partial charge in [-0.15, -0.1) is 0 Å². The standard InChI is InChI=1S/C16H30N4O2/c1-16(2,3)22-15(21)20-10-13(11-20)19-14(17-4)18-9-5-6-12-7-8-12/h12-13H,5-11H2,1-4H3,(H2,17,18,19). The molecule has 0 aromatic rings. The van der Waals surface area contributed by atoms with E-state index >= 15 is 0 Å². The molecule has 6 nitrogen and oxygen atoms in total. The van der Waals surface area contributed by atoms with Crippen LogP contribution in [0.25, 0.3) is 0 Å². The summed E-state index contributed by atoms with van der Waals surface area (Å²) in [5.74, 6) is 1.80. The first-order valence-electron chi connectivity index (χ1n) is 8.32. The van der Waals surface area contributed by atoms with Gasteiger partial charge in [0.2, 0.25) is 0 Å². The van der Waals surface area contributed by atoms with Crippen molar-refractivity contribution < 1.29 is 9.53 Å². The zero-order chi connectivity index (χ0) is 16.2. The third-order valence-corrected chi connectivity index (χ3v) is 3.88. The Morgan fingerprint density at radius 2 is 2.00 bits per heavy atom. The van der Waals surface area contributed by atoms with E-state index in [4.69, 9.17) is 4.74 Å². The van der Waals surface area contributed by atoms with Gasteiger partial charge in [0.15, 0.2) is 5.96 Å². The average molecular weight is 310 g/mol. The molecule has 6 heteroatoms.